The van der Waals surface area contributed by atoms with Crippen molar-refractivity contribution >= 4 is 22.3 Å². The van der Waals surface area contributed by atoms with E-state index in [1.165, 1.54) is 0 Å². The van der Waals surface area contributed by atoms with Crippen molar-refractivity contribution in [3.8, 4) is 0 Å². The van der Waals surface area contributed by atoms with Gasteiger partial charge in [0.15, 0.2) is 0 Å². The number of carbonyl (C=O) groups is 1. The molecule has 0 fully saturated rings. The summed E-state index contributed by atoms with van der Waals surface area (Å²) in [5, 5.41) is 8.18. The Morgan fingerprint density at radius 1 is 1.04 bits per heavy atom. The van der Waals surface area contributed by atoms with Crippen LogP contribution in [-0.2, 0) is 6.54 Å². The Morgan fingerprint density at radius 2 is 1.91 bits per heavy atom. The molecule has 0 aliphatic rings. The summed E-state index contributed by atoms with van der Waals surface area (Å²) >= 11 is 0. The van der Waals surface area contributed by atoms with Crippen molar-refractivity contribution in [3.63, 3.8) is 0 Å². The molecule has 0 saturated carbocycles. The maximum atomic E-state index is 12.3. The Hall–Kier alpha value is -3.21. The molecule has 4 aromatic rings. The fourth-order valence-electron chi connectivity index (χ4n) is 2.58. The highest BCUT2D eigenvalue weighted by molar-refractivity contribution is 5.94. The minimum atomic E-state index is -0.189. The number of aromatic nitrogens is 3. The van der Waals surface area contributed by atoms with Crippen LogP contribution in [0.25, 0.3) is 16.4 Å². The van der Waals surface area contributed by atoms with Gasteiger partial charge in [-0.2, -0.15) is 5.10 Å². The van der Waals surface area contributed by atoms with E-state index in [0.717, 1.165) is 22.0 Å². The lowest BCUT2D eigenvalue weighted by molar-refractivity contribution is 0.0946. The fourth-order valence-corrected chi connectivity index (χ4v) is 2.58. The van der Waals surface area contributed by atoms with Crippen LogP contribution in [0.1, 0.15) is 16.1 Å². The summed E-state index contributed by atoms with van der Waals surface area (Å²) in [5.41, 5.74) is 3.19. The van der Waals surface area contributed by atoms with Crippen LogP contribution in [0, 0.1) is 0 Å². The summed E-state index contributed by atoms with van der Waals surface area (Å²) < 4.78 is 1.79. The molecule has 1 aromatic carbocycles. The molecule has 1 amide bonds. The number of hydrogen-bond donors (Lipinski definition) is 1. The third-order valence-electron chi connectivity index (χ3n) is 3.78. The summed E-state index contributed by atoms with van der Waals surface area (Å²) in [7, 11) is 0. The van der Waals surface area contributed by atoms with E-state index in [-0.39, 0.29) is 5.91 Å². The summed E-state index contributed by atoms with van der Waals surface area (Å²) in [6, 6.07) is 17.2. The number of para-hydroxylation sites is 1. The zero-order valence-corrected chi connectivity index (χ0v) is 12.3. The summed E-state index contributed by atoms with van der Waals surface area (Å²) in [6.45, 7) is 0.418. The molecule has 0 saturated heterocycles. The molecule has 112 valence electrons. The maximum absolute atomic E-state index is 12.3. The van der Waals surface area contributed by atoms with Crippen LogP contribution in [0.3, 0.4) is 0 Å². The number of nitrogens with zero attached hydrogens (tertiary/aromatic N) is 3. The van der Waals surface area contributed by atoms with Gasteiger partial charge < -0.3 is 5.32 Å². The molecule has 5 heteroatoms. The third kappa shape index (κ3) is 2.53. The highest BCUT2D eigenvalue weighted by Gasteiger charge is 2.09. The van der Waals surface area contributed by atoms with E-state index >= 15 is 0 Å². The largest absolute Gasteiger partial charge is 0.346 e. The number of nitrogens with one attached hydrogen (secondary N) is 1. The first-order valence-corrected chi connectivity index (χ1v) is 7.36. The number of hydrogen-bond acceptors (Lipinski definition) is 3. The minimum Gasteiger partial charge on any atom is -0.346 e. The SMILES string of the molecule is O=C(NCc1cnn2ccccc12)c1ccc2ccccc2n1. The number of amides is 1. The Morgan fingerprint density at radius 3 is 2.87 bits per heavy atom. The second-order valence-electron chi connectivity index (χ2n) is 5.27. The van der Waals surface area contributed by atoms with Crippen molar-refractivity contribution in [2.75, 3.05) is 0 Å². The third-order valence-corrected chi connectivity index (χ3v) is 3.78. The van der Waals surface area contributed by atoms with Gasteiger partial charge in [-0.25, -0.2) is 9.50 Å². The second-order valence-corrected chi connectivity index (χ2v) is 5.27. The van der Waals surface area contributed by atoms with Gasteiger partial charge in [-0.3, -0.25) is 4.79 Å². The van der Waals surface area contributed by atoms with Gasteiger partial charge in [0.25, 0.3) is 5.91 Å². The molecule has 4 rings (SSSR count). The lowest BCUT2D eigenvalue weighted by Gasteiger charge is -2.05. The van der Waals surface area contributed by atoms with Crippen LogP contribution >= 0.6 is 0 Å². The molecule has 3 heterocycles. The predicted molar refractivity (Wildman–Crippen MR) is 88.1 cm³/mol. The van der Waals surface area contributed by atoms with Gasteiger partial charge in [0.1, 0.15) is 5.69 Å². The highest BCUT2D eigenvalue weighted by Crippen LogP contribution is 2.13. The number of benzene rings is 1. The van der Waals surface area contributed by atoms with E-state index in [1.807, 2.05) is 54.7 Å². The first-order chi connectivity index (χ1) is 11.3. The standard InChI is InChI=1S/C18H14N4O/c23-18(16-9-8-13-5-1-2-6-15(13)21-16)19-11-14-12-20-22-10-4-3-7-17(14)22/h1-10,12H,11H2,(H,19,23). The average Bonchev–Trinajstić information content (AvgIpc) is 3.02. The van der Waals surface area contributed by atoms with E-state index in [0.29, 0.717) is 12.2 Å². The van der Waals surface area contributed by atoms with Crippen LogP contribution in [0.2, 0.25) is 0 Å². The Balaban J connectivity index is 1.55. The normalized spacial score (nSPS) is 11.0. The van der Waals surface area contributed by atoms with E-state index in [1.54, 1.807) is 16.8 Å². The van der Waals surface area contributed by atoms with Crippen molar-refractivity contribution in [1.82, 2.24) is 19.9 Å². The number of carbonyl (C=O) groups excluding carboxylic acids is 1. The zero-order valence-electron chi connectivity index (χ0n) is 12.3. The summed E-state index contributed by atoms with van der Waals surface area (Å²) in [6.07, 6.45) is 3.65. The monoisotopic (exact) mass is 302 g/mol. The van der Waals surface area contributed by atoms with Gasteiger partial charge in [-0.05, 0) is 24.3 Å². The van der Waals surface area contributed by atoms with Crippen molar-refractivity contribution in [2.45, 2.75) is 6.54 Å². The number of pyridine rings is 2. The van der Waals surface area contributed by atoms with Gasteiger partial charge in [0, 0.05) is 23.7 Å². The number of rotatable bonds is 3. The first kappa shape index (κ1) is 13.5. The summed E-state index contributed by atoms with van der Waals surface area (Å²) in [5.74, 6) is -0.189. The molecule has 0 atom stereocenters. The second kappa shape index (κ2) is 5.53. The minimum absolute atomic E-state index is 0.189. The van der Waals surface area contributed by atoms with E-state index in [4.69, 9.17) is 0 Å². The Kier molecular flexibility index (Phi) is 3.24. The van der Waals surface area contributed by atoms with E-state index in [9.17, 15) is 4.79 Å². The average molecular weight is 302 g/mol. The molecule has 0 spiro atoms. The van der Waals surface area contributed by atoms with Crippen molar-refractivity contribution in [3.05, 3.63) is 78.2 Å². The Bertz CT molecular complexity index is 1010. The number of fused-ring (bicyclic) bond motifs is 2. The van der Waals surface area contributed by atoms with Crippen molar-refractivity contribution in [1.29, 1.82) is 0 Å². The van der Waals surface area contributed by atoms with Crippen LogP contribution in [0.15, 0.2) is 67.0 Å². The van der Waals surface area contributed by atoms with Gasteiger partial charge in [0.2, 0.25) is 0 Å². The summed E-state index contributed by atoms with van der Waals surface area (Å²) in [4.78, 5) is 16.7. The van der Waals surface area contributed by atoms with Gasteiger partial charge >= 0.3 is 0 Å². The van der Waals surface area contributed by atoms with Crippen molar-refractivity contribution in [2.24, 2.45) is 0 Å². The molecule has 0 bridgehead atoms. The molecule has 5 nitrogen and oxygen atoms in total. The highest BCUT2D eigenvalue weighted by atomic mass is 16.1. The van der Waals surface area contributed by atoms with Gasteiger partial charge in [-0.15, -0.1) is 0 Å². The Labute approximate surface area is 132 Å². The molecule has 1 N–H and O–H groups in total. The molecule has 0 radical (unpaired) electrons. The van der Waals surface area contributed by atoms with E-state index in [2.05, 4.69) is 15.4 Å². The molecular weight excluding hydrogens is 288 g/mol. The lowest BCUT2D eigenvalue weighted by Crippen LogP contribution is -2.23. The molecule has 0 aliphatic heterocycles. The molecule has 23 heavy (non-hydrogen) atoms. The van der Waals surface area contributed by atoms with Crippen LogP contribution in [0.4, 0.5) is 0 Å². The first-order valence-electron chi connectivity index (χ1n) is 7.36. The quantitative estimate of drug-likeness (QED) is 0.633. The van der Waals surface area contributed by atoms with Gasteiger partial charge in [-0.1, -0.05) is 30.3 Å². The smallest absolute Gasteiger partial charge is 0.270 e. The van der Waals surface area contributed by atoms with Crippen LogP contribution in [0.5, 0.6) is 0 Å². The molecular formula is C18H14N4O. The topological polar surface area (TPSA) is 59.3 Å². The predicted octanol–water partition coefficient (Wildman–Crippen LogP) is 2.81. The fraction of sp³-hybridized carbons (Fsp3) is 0.0556. The zero-order chi connectivity index (χ0) is 15.6. The van der Waals surface area contributed by atoms with Gasteiger partial charge in [0.05, 0.1) is 17.2 Å². The molecule has 0 unspecified atom stereocenters. The van der Waals surface area contributed by atoms with Crippen molar-refractivity contribution < 1.29 is 4.79 Å². The molecule has 3 aromatic heterocycles. The lowest BCUT2D eigenvalue weighted by atomic mass is 10.2. The maximum Gasteiger partial charge on any atom is 0.270 e. The van der Waals surface area contributed by atoms with E-state index < -0.39 is 0 Å². The van der Waals surface area contributed by atoms with Crippen LogP contribution < -0.4 is 5.32 Å². The molecule has 0 aliphatic carbocycles. The van der Waals surface area contributed by atoms with Crippen LogP contribution in [-0.4, -0.2) is 20.5 Å².